The van der Waals surface area contributed by atoms with Gasteiger partial charge in [-0.05, 0) is 12.8 Å². The van der Waals surface area contributed by atoms with Crippen LogP contribution in [0.3, 0.4) is 0 Å². The molecule has 0 unspecified atom stereocenters. The number of hydrogen-bond donors (Lipinski definition) is 5. The van der Waals surface area contributed by atoms with E-state index in [4.69, 9.17) is 20.4 Å². The number of hydrogen-bond acceptors (Lipinski definition) is 5. The molecule has 0 atom stereocenters. The molecule has 0 bridgehead atoms. The molecule has 0 aliphatic rings. The number of rotatable bonds is 10. The largest absolute Gasteiger partial charge is 0.481 e. The fraction of sp³-hybridized carbons (Fsp3) is 0.833. The van der Waals surface area contributed by atoms with Gasteiger partial charge < -0.3 is 26.6 Å². The quantitative estimate of drug-likeness (QED) is 0.380. The molecule has 0 heterocycles. The summed E-state index contributed by atoms with van der Waals surface area (Å²) in [5.74, 6) is -1.48. The number of unbranched alkanes of at least 4 members (excludes halogenated alkanes) is 5. The summed E-state index contributed by atoms with van der Waals surface area (Å²) in [4.78, 5) is 20.3. The molecule has 0 aliphatic carbocycles. The van der Waals surface area contributed by atoms with Gasteiger partial charge >= 0.3 is 11.9 Å². The van der Waals surface area contributed by atoms with Gasteiger partial charge in [-0.1, -0.05) is 25.7 Å². The van der Waals surface area contributed by atoms with E-state index in [9.17, 15) is 9.59 Å². The highest BCUT2D eigenvalue weighted by Crippen LogP contribution is 2.08. The molecule has 0 rings (SSSR count). The molecular formula is C12H27NO6. The van der Waals surface area contributed by atoms with E-state index in [0.717, 1.165) is 38.5 Å². The van der Waals surface area contributed by atoms with E-state index in [-0.39, 0.29) is 32.2 Å². The molecule has 0 aromatic rings. The molecular weight excluding hydrogens is 254 g/mol. The van der Waals surface area contributed by atoms with Crippen LogP contribution in [0.4, 0.5) is 0 Å². The molecule has 7 N–H and O–H groups in total. The van der Waals surface area contributed by atoms with Crippen molar-refractivity contribution in [2.24, 2.45) is 0 Å². The number of carboxylic acid groups (broad SMARTS) is 2. The average Bonchev–Trinajstić information content (AvgIpc) is 2.32. The summed E-state index contributed by atoms with van der Waals surface area (Å²) >= 11 is 0. The smallest absolute Gasteiger partial charge is 0.303 e. The molecule has 0 radical (unpaired) electrons. The Bertz CT molecular complexity index is 188. The Morgan fingerprint density at radius 3 is 1.11 bits per heavy atom. The molecule has 7 nitrogen and oxygen atoms in total. The van der Waals surface area contributed by atoms with Crippen LogP contribution in [-0.2, 0) is 9.59 Å². The lowest BCUT2D eigenvalue weighted by Gasteiger charge is -1.98. The number of carboxylic acids is 2. The lowest BCUT2D eigenvalue weighted by molar-refractivity contribution is -0.138. The second-order valence-electron chi connectivity index (χ2n) is 3.86. The fourth-order valence-electron chi connectivity index (χ4n) is 1.26. The van der Waals surface area contributed by atoms with Gasteiger partial charge in [0.1, 0.15) is 0 Å². The summed E-state index contributed by atoms with van der Waals surface area (Å²) < 4.78 is 0. The summed E-state index contributed by atoms with van der Waals surface area (Å²) in [7, 11) is 0. The highest BCUT2D eigenvalue weighted by molar-refractivity contribution is 5.66. The highest BCUT2D eigenvalue weighted by atomic mass is 16.4. The van der Waals surface area contributed by atoms with E-state index in [1.54, 1.807) is 0 Å². The molecule has 0 amide bonds. The molecule has 0 saturated heterocycles. The first-order valence-corrected chi connectivity index (χ1v) is 6.20. The Labute approximate surface area is 113 Å². The van der Waals surface area contributed by atoms with Gasteiger partial charge in [0.2, 0.25) is 0 Å². The Balaban J connectivity index is -0.000000448. The third-order valence-corrected chi connectivity index (χ3v) is 2.13. The van der Waals surface area contributed by atoms with Crippen molar-refractivity contribution in [2.45, 2.75) is 51.4 Å². The minimum atomic E-state index is -0.740. The van der Waals surface area contributed by atoms with Crippen LogP contribution >= 0.6 is 0 Å². The van der Waals surface area contributed by atoms with Crippen LogP contribution in [0.2, 0.25) is 0 Å². The zero-order valence-corrected chi connectivity index (χ0v) is 11.4. The van der Waals surface area contributed by atoms with E-state index in [2.05, 4.69) is 0 Å². The van der Waals surface area contributed by atoms with Gasteiger partial charge in [-0.15, -0.1) is 0 Å². The van der Waals surface area contributed by atoms with E-state index in [0.29, 0.717) is 0 Å². The van der Waals surface area contributed by atoms with E-state index >= 15 is 0 Å². The van der Waals surface area contributed by atoms with E-state index in [1.165, 1.54) is 0 Å². The van der Waals surface area contributed by atoms with E-state index < -0.39 is 11.9 Å². The predicted octanol–water partition coefficient (Wildman–Crippen LogP) is 1.41. The molecule has 19 heavy (non-hydrogen) atoms. The lowest BCUT2D eigenvalue weighted by Crippen LogP contribution is -1.94. The van der Waals surface area contributed by atoms with Crippen LogP contribution in [-0.4, -0.2) is 45.6 Å². The summed E-state index contributed by atoms with van der Waals surface area (Å²) in [5.41, 5.74) is 0. The Morgan fingerprint density at radius 1 is 0.632 bits per heavy atom. The maximum absolute atomic E-state index is 10.1. The molecule has 0 aliphatic heterocycles. The Kier molecular flexibility index (Phi) is 23.2. The van der Waals surface area contributed by atoms with E-state index in [1.807, 2.05) is 0 Å². The van der Waals surface area contributed by atoms with Crippen molar-refractivity contribution in [2.75, 3.05) is 13.2 Å². The number of aliphatic hydroxyl groups is 2. The summed E-state index contributed by atoms with van der Waals surface area (Å²) in [6.07, 6.45) is 5.82. The highest BCUT2D eigenvalue weighted by Gasteiger charge is 1.98. The summed E-state index contributed by atoms with van der Waals surface area (Å²) in [6, 6.07) is 0. The van der Waals surface area contributed by atoms with Gasteiger partial charge in [0, 0.05) is 12.8 Å². The molecule has 0 spiro atoms. The predicted molar refractivity (Wildman–Crippen MR) is 71.4 cm³/mol. The van der Waals surface area contributed by atoms with Crippen molar-refractivity contribution in [3.63, 3.8) is 0 Å². The fourth-order valence-corrected chi connectivity index (χ4v) is 1.26. The van der Waals surface area contributed by atoms with Crippen LogP contribution < -0.4 is 6.15 Å². The van der Waals surface area contributed by atoms with Gasteiger partial charge in [-0.3, -0.25) is 9.59 Å². The van der Waals surface area contributed by atoms with Gasteiger partial charge in [0.25, 0.3) is 0 Å². The van der Waals surface area contributed by atoms with Gasteiger partial charge in [-0.25, -0.2) is 0 Å². The SMILES string of the molecule is N.O=C(O)CCCCCCCCC(=O)O.OCCO. The average molecular weight is 281 g/mol. The third kappa shape index (κ3) is 31.6. The van der Waals surface area contributed by atoms with Crippen LogP contribution in [0, 0.1) is 0 Å². The summed E-state index contributed by atoms with van der Waals surface area (Å²) in [6.45, 7) is -0.250. The second-order valence-corrected chi connectivity index (χ2v) is 3.86. The maximum Gasteiger partial charge on any atom is 0.303 e. The Hall–Kier alpha value is -1.18. The zero-order valence-electron chi connectivity index (χ0n) is 11.4. The van der Waals surface area contributed by atoms with Crippen molar-refractivity contribution in [3.8, 4) is 0 Å². The monoisotopic (exact) mass is 281 g/mol. The normalized spacial score (nSPS) is 8.95. The van der Waals surface area contributed by atoms with Gasteiger partial charge in [0.05, 0.1) is 13.2 Å². The molecule has 0 aromatic heterocycles. The van der Waals surface area contributed by atoms with Crippen molar-refractivity contribution >= 4 is 11.9 Å². The number of carbonyl (C=O) groups is 2. The van der Waals surface area contributed by atoms with Crippen LogP contribution in [0.5, 0.6) is 0 Å². The first-order valence-electron chi connectivity index (χ1n) is 6.20. The topological polar surface area (TPSA) is 150 Å². The molecule has 7 heteroatoms. The molecule has 0 fully saturated rings. The molecule has 0 aromatic carbocycles. The summed E-state index contributed by atoms with van der Waals surface area (Å²) in [5, 5.41) is 32.0. The van der Waals surface area contributed by atoms with Gasteiger partial charge in [-0.2, -0.15) is 0 Å². The van der Waals surface area contributed by atoms with Crippen molar-refractivity contribution in [3.05, 3.63) is 0 Å². The first-order chi connectivity index (χ1) is 8.54. The van der Waals surface area contributed by atoms with Crippen LogP contribution in [0.25, 0.3) is 0 Å². The third-order valence-electron chi connectivity index (χ3n) is 2.13. The standard InChI is InChI=1S/C10H18O4.C2H6O2.H3N/c11-9(12)7-5-3-1-2-4-6-8-10(13)14;3-1-2-4;/h1-8H2,(H,11,12)(H,13,14);3-4H,1-2H2;1H3. The van der Waals surface area contributed by atoms with Crippen molar-refractivity contribution in [1.82, 2.24) is 6.15 Å². The van der Waals surface area contributed by atoms with Crippen LogP contribution in [0.15, 0.2) is 0 Å². The van der Waals surface area contributed by atoms with Crippen molar-refractivity contribution < 1.29 is 30.0 Å². The number of aliphatic carboxylic acids is 2. The second kappa shape index (κ2) is 19.2. The first kappa shape index (κ1) is 23.0. The number of aliphatic hydroxyl groups excluding tert-OH is 2. The maximum atomic E-state index is 10.1. The molecule has 116 valence electrons. The molecule has 0 saturated carbocycles. The minimum Gasteiger partial charge on any atom is -0.481 e. The van der Waals surface area contributed by atoms with Crippen LogP contribution in [0.1, 0.15) is 51.4 Å². The lowest BCUT2D eigenvalue weighted by atomic mass is 10.1. The van der Waals surface area contributed by atoms with Gasteiger partial charge in [0.15, 0.2) is 0 Å². The van der Waals surface area contributed by atoms with Crippen molar-refractivity contribution in [1.29, 1.82) is 0 Å². The zero-order chi connectivity index (χ0) is 14.2. The Morgan fingerprint density at radius 2 is 0.895 bits per heavy atom. The minimum absolute atomic E-state index is 0.